The van der Waals surface area contributed by atoms with Gasteiger partial charge in [-0.3, -0.25) is 14.2 Å². The highest BCUT2D eigenvalue weighted by atomic mass is 19.1. The molecule has 0 aliphatic carbocycles. The predicted molar refractivity (Wildman–Crippen MR) is 116 cm³/mol. The van der Waals surface area contributed by atoms with E-state index in [1.54, 1.807) is 31.2 Å². The second-order valence-corrected chi connectivity index (χ2v) is 6.85. The summed E-state index contributed by atoms with van der Waals surface area (Å²) in [5, 5.41) is 12.1. The van der Waals surface area contributed by atoms with Crippen LogP contribution < -0.4 is 15.6 Å². The average Bonchev–Trinajstić information content (AvgIpc) is 2.75. The highest BCUT2D eigenvalue weighted by Crippen LogP contribution is 2.24. The summed E-state index contributed by atoms with van der Waals surface area (Å²) in [5.41, 5.74) is 1.35. The number of aliphatic hydroxyl groups excluding tert-OH is 1. The van der Waals surface area contributed by atoms with E-state index in [4.69, 9.17) is 4.74 Å². The Labute approximate surface area is 179 Å². The van der Waals surface area contributed by atoms with Crippen LogP contribution in [0, 0.1) is 12.7 Å². The van der Waals surface area contributed by atoms with Gasteiger partial charge < -0.3 is 15.2 Å². The number of carbonyl (C=O) groups is 1. The molecule has 8 heteroatoms. The molecule has 3 rings (SSSR count). The first kappa shape index (κ1) is 22.2. The fraction of sp³-hybridized carbons (Fsp3) is 0.261. The second-order valence-electron chi connectivity index (χ2n) is 6.85. The van der Waals surface area contributed by atoms with E-state index in [1.165, 1.54) is 28.8 Å². The fourth-order valence-electron chi connectivity index (χ4n) is 3.25. The van der Waals surface area contributed by atoms with Gasteiger partial charge in [-0.05, 0) is 50.2 Å². The highest BCUT2D eigenvalue weighted by Gasteiger charge is 2.18. The van der Waals surface area contributed by atoms with Gasteiger partial charge >= 0.3 is 0 Å². The Bertz CT molecular complexity index is 1130. The van der Waals surface area contributed by atoms with Crippen molar-refractivity contribution >= 4 is 11.6 Å². The van der Waals surface area contributed by atoms with Crippen molar-refractivity contribution in [3.63, 3.8) is 0 Å². The minimum atomic E-state index is -0.446. The fourth-order valence-corrected chi connectivity index (χ4v) is 3.25. The maximum absolute atomic E-state index is 13.4. The van der Waals surface area contributed by atoms with Gasteiger partial charge in [-0.15, -0.1) is 0 Å². The van der Waals surface area contributed by atoms with Crippen LogP contribution in [0.5, 0.6) is 5.75 Å². The van der Waals surface area contributed by atoms with Crippen molar-refractivity contribution in [1.82, 2.24) is 9.55 Å². The summed E-state index contributed by atoms with van der Waals surface area (Å²) in [5.74, 6) is -0.0975. The van der Waals surface area contributed by atoms with E-state index in [9.17, 15) is 19.1 Å². The number of aliphatic hydroxyl groups is 1. The lowest BCUT2D eigenvalue weighted by Gasteiger charge is -2.16. The molecule has 0 aliphatic heterocycles. The van der Waals surface area contributed by atoms with Crippen LogP contribution in [0.1, 0.15) is 18.2 Å². The summed E-state index contributed by atoms with van der Waals surface area (Å²) < 4.78 is 20.2. The number of para-hydroxylation sites is 2. The number of anilines is 1. The summed E-state index contributed by atoms with van der Waals surface area (Å²) in [6, 6.07) is 12.5. The van der Waals surface area contributed by atoms with Crippen LogP contribution in [0.2, 0.25) is 0 Å². The predicted octanol–water partition coefficient (Wildman–Crippen LogP) is 2.93. The number of nitrogens with one attached hydrogen (secondary N) is 1. The zero-order valence-corrected chi connectivity index (χ0v) is 17.4. The van der Waals surface area contributed by atoms with Gasteiger partial charge in [0.25, 0.3) is 5.56 Å². The molecule has 1 amide bonds. The molecular weight excluding hydrogens is 401 g/mol. The smallest absolute Gasteiger partial charge is 0.257 e. The van der Waals surface area contributed by atoms with Gasteiger partial charge in [-0.25, -0.2) is 9.37 Å². The first-order valence-electron chi connectivity index (χ1n) is 9.93. The number of carbonyl (C=O) groups excluding carboxylic acids is 1. The van der Waals surface area contributed by atoms with Crippen LogP contribution in [-0.2, 0) is 17.8 Å². The molecule has 0 aliphatic rings. The first-order valence-corrected chi connectivity index (χ1v) is 9.93. The maximum atomic E-state index is 13.4. The molecule has 1 heterocycles. The molecule has 0 saturated heterocycles. The van der Waals surface area contributed by atoms with Gasteiger partial charge in [0.15, 0.2) is 0 Å². The number of amides is 1. The summed E-state index contributed by atoms with van der Waals surface area (Å²) in [6.45, 7) is 3.42. The summed E-state index contributed by atoms with van der Waals surface area (Å²) in [6.07, 6.45) is 0.121. The van der Waals surface area contributed by atoms with Gasteiger partial charge in [-0.1, -0.05) is 12.1 Å². The van der Waals surface area contributed by atoms with Crippen molar-refractivity contribution < 1.29 is 19.0 Å². The van der Waals surface area contributed by atoms with Crippen LogP contribution in [0.25, 0.3) is 11.4 Å². The Hall–Kier alpha value is -3.52. The molecule has 3 aromatic rings. The largest absolute Gasteiger partial charge is 0.492 e. The molecule has 1 aromatic heterocycles. The topological polar surface area (TPSA) is 93.4 Å². The number of benzene rings is 2. The highest BCUT2D eigenvalue weighted by molar-refractivity contribution is 5.92. The second kappa shape index (κ2) is 9.99. The number of hydrogen-bond donors (Lipinski definition) is 2. The minimum Gasteiger partial charge on any atom is -0.492 e. The van der Waals surface area contributed by atoms with E-state index in [2.05, 4.69) is 10.3 Å². The Morgan fingerprint density at radius 1 is 1.19 bits per heavy atom. The molecule has 7 nitrogen and oxygen atoms in total. The van der Waals surface area contributed by atoms with E-state index < -0.39 is 17.3 Å². The molecule has 2 aromatic carbocycles. The lowest BCUT2D eigenvalue weighted by molar-refractivity contribution is -0.116. The molecule has 0 saturated carbocycles. The van der Waals surface area contributed by atoms with Gasteiger partial charge in [0, 0.05) is 29.8 Å². The van der Waals surface area contributed by atoms with Gasteiger partial charge in [-0.2, -0.15) is 0 Å². The van der Waals surface area contributed by atoms with Crippen molar-refractivity contribution in [2.75, 3.05) is 18.5 Å². The third-order valence-electron chi connectivity index (χ3n) is 4.70. The van der Waals surface area contributed by atoms with Gasteiger partial charge in [0.1, 0.15) is 23.9 Å². The Morgan fingerprint density at radius 2 is 1.90 bits per heavy atom. The lowest BCUT2D eigenvalue weighted by Crippen LogP contribution is -2.33. The van der Waals surface area contributed by atoms with Gasteiger partial charge in [0.05, 0.1) is 12.3 Å². The van der Waals surface area contributed by atoms with E-state index in [-0.39, 0.29) is 25.4 Å². The van der Waals surface area contributed by atoms with E-state index >= 15 is 0 Å². The minimum absolute atomic E-state index is 0.121. The molecule has 31 heavy (non-hydrogen) atoms. The van der Waals surface area contributed by atoms with Crippen LogP contribution in [0.15, 0.2) is 53.3 Å². The standard InChI is InChI=1S/C23H24FN3O4/c1-3-31-20-7-5-4-6-19(20)26-21(29)14-27-22(16-8-10-17(24)11-9-16)25-15(2)18(12-13-28)23(27)30/h4-11,28H,3,12-14H2,1-2H3,(H,26,29). The molecule has 0 bridgehead atoms. The lowest BCUT2D eigenvalue weighted by atomic mass is 10.1. The van der Waals surface area contributed by atoms with Crippen molar-refractivity contribution in [2.45, 2.75) is 26.8 Å². The molecule has 0 fully saturated rings. The quantitative estimate of drug-likeness (QED) is 0.579. The van der Waals surface area contributed by atoms with Crippen LogP contribution in [0.4, 0.5) is 10.1 Å². The average molecular weight is 425 g/mol. The molecule has 0 radical (unpaired) electrons. The van der Waals surface area contributed by atoms with Crippen molar-refractivity contribution in [2.24, 2.45) is 0 Å². The van der Waals surface area contributed by atoms with Crippen LogP contribution >= 0.6 is 0 Å². The SMILES string of the molecule is CCOc1ccccc1NC(=O)Cn1c(-c2ccc(F)cc2)nc(C)c(CCO)c1=O. The van der Waals surface area contributed by atoms with Crippen LogP contribution in [0.3, 0.4) is 0 Å². The van der Waals surface area contributed by atoms with E-state index in [0.717, 1.165) is 0 Å². The van der Waals surface area contributed by atoms with Gasteiger partial charge in [0.2, 0.25) is 5.91 Å². The number of nitrogens with zero attached hydrogens (tertiary/aromatic N) is 2. The van der Waals surface area contributed by atoms with Crippen molar-refractivity contribution in [3.8, 4) is 17.1 Å². The maximum Gasteiger partial charge on any atom is 0.257 e. The zero-order chi connectivity index (χ0) is 22.4. The van der Waals surface area contributed by atoms with E-state index in [1.807, 2.05) is 6.92 Å². The Kier molecular flexibility index (Phi) is 7.15. The first-order chi connectivity index (χ1) is 14.9. The zero-order valence-electron chi connectivity index (χ0n) is 17.4. The van der Waals surface area contributed by atoms with Crippen molar-refractivity contribution in [3.05, 3.63) is 76.0 Å². The Balaban J connectivity index is 2.00. The monoisotopic (exact) mass is 425 g/mol. The number of ether oxygens (including phenoxy) is 1. The van der Waals surface area contributed by atoms with E-state index in [0.29, 0.717) is 34.9 Å². The number of halogens is 1. The molecule has 0 unspecified atom stereocenters. The molecule has 0 spiro atoms. The normalized spacial score (nSPS) is 10.7. The van der Waals surface area contributed by atoms with Crippen LogP contribution in [-0.4, -0.2) is 33.8 Å². The number of hydrogen-bond acceptors (Lipinski definition) is 5. The third kappa shape index (κ3) is 5.16. The Morgan fingerprint density at radius 3 is 2.58 bits per heavy atom. The van der Waals surface area contributed by atoms with Crippen molar-refractivity contribution in [1.29, 1.82) is 0 Å². The summed E-state index contributed by atoms with van der Waals surface area (Å²) in [7, 11) is 0. The molecule has 0 atom stereocenters. The molecular formula is C23H24FN3O4. The number of aromatic nitrogens is 2. The number of aryl methyl sites for hydroxylation is 1. The number of rotatable bonds is 8. The molecule has 2 N–H and O–H groups in total. The summed E-state index contributed by atoms with van der Waals surface area (Å²) >= 11 is 0. The summed E-state index contributed by atoms with van der Waals surface area (Å²) in [4.78, 5) is 30.4. The third-order valence-corrected chi connectivity index (χ3v) is 4.70. The molecule has 162 valence electrons.